The Morgan fingerprint density at radius 1 is 0.865 bits per heavy atom. The number of nitrogens with zero attached hydrogens (tertiary/aromatic N) is 1. The van der Waals surface area contributed by atoms with Crippen molar-refractivity contribution >= 4 is 34.1 Å². The molecule has 1 unspecified atom stereocenters. The van der Waals surface area contributed by atoms with Crippen LogP contribution >= 0.6 is 0 Å². The average molecular weight is 498 g/mol. The van der Waals surface area contributed by atoms with Crippen LogP contribution in [0, 0.1) is 6.92 Å². The fourth-order valence-corrected chi connectivity index (χ4v) is 4.05. The van der Waals surface area contributed by atoms with Gasteiger partial charge in [0.05, 0.1) is 17.3 Å². The standard InChI is InChI=1S/C29H27N3O5/c1-17-4-8-22(30-28(33)21-7-11-26-27(15-21)37-13-12-36-26)16-25(17)32-29(34)20-6-10-24-19(14-20)5-9-23(31-24)18(2)35-3/h4-11,14-16,18H,12-13H2,1-3H3,(H,30,33)(H,32,34). The molecule has 0 radical (unpaired) electrons. The number of fused-ring (bicyclic) bond motifs is 2. The van der Waals surface area contributed by atoms with Crippen LogP contribution in [0.2, 0.25) is 0 Å². The third-order valence-corrected chi connectivity index (χ3v) is 6.29. The van der Waals surface area contributed by atoms with Crippen LogP contribution in [0.4, 0.5) is 11.4 Å². The molecule has 1 aliphatic rings. The first-order valence-corrected chi connectivity index (χ1v) is 12.0. The molecule has 0 aliphatic carbocycles. The van der Waals surface area contributed by atoms with Gasteiger partial charge in [0.25, 0.3) is 11.8 Å². The molecule has 5 rings (SSSR count). The van der Waals surface area contributed by atoms with E-state index in [0.29, 0.717) is 47.2 Å². The Morgan fingerprint density at radius 2 is 1.59 bits per heavy atom. The second-order valence-electron chi connectivity index (χ2n) is 8.82. The lowest BCUT2D eigenvalue weighted by molar-refractivity contribution is 0.101. The molecule has 37 heavy (non-hydrogen) atoms. The van der Waals surface area contributed by atoms with Crippen LogP contribution < -0.4 is 20.1 Å². The average Bonchev–Trinajstić information content (AvgIpc) is 2.93. The Hall–Kier alpha value is -4.43. The highest BCUT2D eigenvalue weighted by Gasteiger charge is 2.16. The highest BCUT2D eigenvalue weighted by atomic mass is 16.6. The molecule has 1 aromatic heterocycles. The van der Waals surface area contributed by atoms with Crippen molar-refractivity contribution in [2.45, 2.75) is 20.0 Å². The number of nitrogens with one attached hydrogen (secondary N) is 2. The van der Waals surface area contributed by atoms with E-state index < -0.39 is 0 Å². The molecule has 2 heterocycles. The maximum atomic E-state index is 13.1. The highest BCUT2D eigenvalue weighted by Crippen LogP contribution is 2.31. The van der Waals surface area contributed by atoms with E-state index in [9.17, 15) is 9.59 Å². The number of hydrogen-bond acceptors (Lipinski definition) is 6. The molecule has 0 bridgehead atoms. The number of benzene rings is 3. The molecule has 3 aromatic carbocycles. The number of amides is 2. The minimum Gasteiger partial charge on any atom is -0.486 e. The molecule has 0 saturated carbocycles. The fourth-order valence-electron chi connectivity index (χ4n) is 4.05. The highest BCUT2D eigenvalue weighted by molar-refractivity contribution is 6.08. The van der Waals surface area contributed by atoms with Gasteiger partial charge in [0.2, 0.25) is 0 Å². The number of anilines is 2. The fraction of sp³-hybridized carbons (Fsp3) is 0.207. The van der Waals surface area contributed by atoms with Crippen LogP contribution in [0.15, 0.2) is 66.7 Å². The van der Waals surface area contributed by atoms with Crippen LogP contribution in [-0.2, 0) is 4.74 Å². The summed E-state index contributed by atoms with van der Waals surface area (Å²) >= 11 is 0. The monoisotopic (exact) mass is 497 g/mol. The summed E-state index contributed by atoms with van der Waals surface area (Å²) in [5, 5.41) is 6.70. The van der Waals surface area contributed by atoms with E-state index in [1.807, 2.05) is 44.2 Å². The number of aromatic nitrogens is 1. The first-order chi connectivity index (χ1) is 17.9. The lowest BCUT2D eigenvalue weighted by Gasteiger charge is -2.18. The van der Waals surface area contributed by atoms with E-state index in [1.54, 1.807) is 43.5 Å². The van der Waals surface area contributed by atoms with Crippen LogP contribution in [0.5, 0.6) is 11.5 Å². The summed E-state index contributed by atoms with van der Waals surface area (Å²) in [4.78, 5) is 30.5. The van der Waals surface area contributed by atoms with Crippen LogP contribution in [0.3, 0.4) is 0 Å². The number of carbonyl (C=O) groups is 2. The van der Waals surface area contributed by atoms with Gasteiger partial charge < -0.3 is 24.8 Å². The summed E-state index contributed by atoms with van der Waals surface area (Å²) in [5.41, 5.74) is 4.60. The van der Waals surface area contributed by atoms with Crippen molar-refractivity contribution in [2.24, 2.45) is 0 Å². The summed E-state index contributed by atoms with van der Waals surface area (Å²) in [6.07, 6.45) is -0.113. The maximum absolute atomic E-state index is 13.1. The zero-order chi connectivity index (χ0) is 25.9. The van der Waals surface area contributed by atoms with E-state index in [-0.39, 0.29) is 17.9 Å². The smallest absolute Gasteiger partial charge is 0.255 e. The van der Waals surface area contributed by atoms with Gasteiger partial charge in [0, 0.05) is 35.0 Å². The SMILES string of the molecule is COC(C)c1ccc2cc(C(=O)Nc3cc(NC(=O)c4ccc5c(c4)OCCO5)ccc3C)ccc2n1. The molecule has 2 amide bonds. The molecular formula is C29H27N3O5. The van der Waals surface area contributed by atoms with Crippen molar-refractivity contribution in [3.8, 4) is 11.5 Å². The van der Waals surface area contributed by atoms with Crippen molar-refractivity contribution in [1.29, 1.82) is 0 Å². The zero-order valence-corrected chi connectivity index (χ0v) is 20.8. The summed E-state index contributed by atoms with van der Waals surface area (Å²) in [7, 11) is 1.64. The Morgan fingerprint density at radius 3 is 2.41 bits per heavy atom. The van der Waals surface area contributed by atoms with Crippen molar-refractivity contribution in [2.75, 3.05) is 31.0 Å². The molecule has 0 fully saturated rings. The van der Waals surface area contributed by atoms with Gasteiger partial charge in [0.1, 0.15) is 13.2 Å². The van der Waals surface area contributed by atoms with Gasteiger partial charge in [-0.2, -0.15) is 0 Å². The van der Waals surface area contributed by atoms with Gasteiger partial charge in [-0.25, -0.2) is 0 Å². The Kier molecular flexibility index (Phi) is 6.74. The summed E-state index contributed by atoms with van der Waals surface area (Å²) < 4.78 is 16.4. The molecule has 4 aromatic rings. The number of ether oxygens (including phenoxy) is 3. The van der Waals surface area contributed by atoms with Crippen molar-refractivity contribution in [3.63, 3.8) is 0 Å². The Labute approximate surface area is 214 Å². The van der Waals surface area contributed by atoms with E-state index in [0.717, 1.165) is 22.2 Å². The van der Waals surface area contributed by atoms with Gasteiger partial charge in [-0.05, 0) is 74.0 Å². The normalized spacial score (nSPS) is 13.2. The van der Waals surface area contributed by atoms with Gasteiger partial charge in [-0.3, -0.25) is 14.6 Å². The summed E-state index contributed by atoms with van der Waals surface area (Å²) in [6.45, 7) is 4.76. The number of carbonyl (C=O) groups excluding carboxylic acids is 2. The van der Waals surface area contributed by atoms with Crippen LogP contribution in [0.25, 0.3) is 10.9 Å². The predicted molar refractivity (Wildman–Crippen MR) is 142 cm³/mol. The molecule has 8 heteroatoms. The molecule has 0 spiro atoms. The van der Waals surface area contributed by atoms with Crippen molar-refractivity contribution in [1.82, 2.24) is 4.98 Å². The molecule has 2 N–H and O–H groups in total. The lowest BCUT2D eigenvalue weighted by Crippen LogP contribution is -2.17. The van der Waals surface area contributed by atoms with E-state index in [1.165, 1.54) is 0 Å². The number of aryl methyl sites for hydroxylation is 1. The third-order valence-electron chi connectivity index (χ3n) is 6.29. The summed E-state index contributed by atoms with van der Waals surface area (Å²) in [5.74, 6) is 0.625. The quantitative estimate of drug-likeness (QED) is 0.364. The van der Waals surface area contributed by atoms with Gasteiger partial charge >= 0.3 is 0 Å². The topological polar surface area (TPSA) is 98.8 Å². The minimum absolute atomic E-state index is 0.113. The zero-order valence-electron chi connectivity index (χ0n) is 20.8. The number of rotatable bonds is 6. The molecular weight excluding hydrogens is 470 g/mol. The summed E-state index contributed by atoms with van der Waals surface area (Å²) in [6, 6.07) is 19.7. The largest absolute Gasteiger partial charge is 0.486 e. The van der Waals surface area contributed by atoms with E-state index >= 15 is 0 Å². The molecule has 1 aliphatic heterocycles. The number of hydrogen-bond donors (Lipinski definition) is 2. The van der Waals surface area contributed by atoms with Gasteiger partial charge in [-0.1, -0.05) is 12.1 Å². The van der Waals surface area contributed by atoms with Crippen LogP contribution in [-0.4, -0.2) is 37.1 Å². The third kappa shape index (κ3) is 5.24. The van der Waals surface area contributed by atoms with Gasteiger partial charge in [-0.15, -0.1) is 0 Å². The van der Waals surface area contributed by atoms with Crippen molar-refractivity contribution < 1.29 is 23.8 Å². The number of pyridine rings is 1. The molecule has 0 saturated heterocycles. The van der Waals surface area contributed by atoms with Crippen LogP contribution in [0.1, 0.15) is 45.0 Å². The van der Waals surface area contributed by atoms with E-state index in [2.05, 4.69) is 15.6 Å². The van der Waals surface area contributed by atoms with E-state index in [4.69, 9.17) is 14.2 Å². The molecule has 188 valence electrons. The Balaban J connectivity index is 1.31. The van der Waals surface area contributed by atoms with Gasteiger partial charge in [0.15, 0.2) is 11.5 Å². The maximum Gasteiger partial charge on any atom is 0.255 e. The Bertz CT molecular complexity index is 1500. The van der Waals surface area contributed by atoms with Crippen molar-refractivity contribution in [3.05, 3.63) is 89.1 Å². The minimum atomic E-state index is -0.290. The molecule has 8 nitrogen and oxygen atoms in total. The lowest BCUT2D eigenvalue weighted by atomic mass is 10.1. The first kappa shape index (κ1) is 24.3. The number of methoxy groups -OCH3 is 1. The second-order valence-corrected chi connectivity index (χ2v) is 8.82. The second kappa shape index (κ2) is 10.3. The predicted octanol–water partition coefficient (Wildman–Crippen LogP) is 5.53. The molecule has 1 atom stereocenters. The first-order valence-electron chi connectivity index (χ1n) is 12.0.